The summed E-state index contributed by atoms with van der Waals surface area (Å²) in [7, 11) is -2.87. The second kappa shape index (κ2) is 10.3. The number of hydrogen-bond donors (Lipinski definition) is 2. The van der Waals surface area contributed by atoms with Crippen molar-refractivity contribution in [2.75, 3.05) is 12.4 Å². The molecule has 11 heteroatoms. The summed E-state index contributed by atoms with van der Waals surface area (Å²) in [5, 5.41) is 2.57. The number of sulfonamides is 1. The molecule has 0 aliphatic rings. The van der Waals surface area contributed by atoms with E-state index in [1.807, 2.05) is 18.6 Å². The molecule has 0 saturated heterocycles. The van der Waals surface area contributed by atoms with Crippen LogP contribution < -0.4 is 20.3 Å². The van der Waals surface area contributed by atoms with Crippen molar-refractivity contribution < 1.29 is 22.3 Å². The van der Waals surface area contributed by atoms with E-state index in [1.165, 1.54) is 36.2 Å². The summed E-state index contributed by atoms with van der Waals surface area (Å²) >= 11 is 0. The van der Waals surface area contributed by atoms with Crippen molar-refractivity contribution in [1.29, 1.82) is 0 Å². The number of urea groups is 1. The Labute approximate surface area is 203 Å². The Balaban J connectivity index is 2.01. The maximum Gasteiger partial charge on any atom is 0.333 e. The van der Waals surface area contributed by atoms with Gasteiger partial charge in [0, 0.05) is 36.1 Å². The zero-order valence-corrected chi connectivity index (χ0v) is 20.8. The second-order valence-corrected chi connectivity index (χ2v) is 10.1. The Morgan fingerprint density at radius 1 is 1.11 bits per heavy atom. The zero-order valence-electron chi connectivity index (χ0n) is 20.0. The summed E-state index contributed by atoms with van der Waals surface area (Å²) in [5.41, 5.74) is 1.19. The predicted molar refractivity (Wildman–Crippen MR) is 131 cm³/mol. The SMILES string of the molecule is COc1cc(-c2cc(F)cc(C(C)C)c2NC(=O)NS(=O)(=O)c2ccc(=O)n(C(C)C)c2)ccn1. The van der Waals surface area contributed by atoms with Crippen molar-refractivity contribution >= 4 is 21.7 Å². The number of ether oxygens (including phenoxy) is 1. The molecule has 0 aliphatic heterocycles. The number of anilines is 1. The van der Waals surface area contributed by atoms with Crippen LogP contribution in [-0.2, 0) is 10.0 Å². The summed E-state index contributed by atoms with van der Waals surface area (Å²) in [4.78, 5) is 28.6. The first-order valence-electron chi connectivity index (χ1n) is 10.8. The van der Waals surface area contributed by atoms with Crippen molar-refractivity contribution in [2.24, 2.45) is 0 Å². The Morgan fingerprint density at radius 3 is 2.46 bits per heavy atom. The number of hydrogen-bond acceptors (Lipinski definition) is 6. The van der Waals surface area contributed by atoms with Gasteiger partial charge in [0.1, 0.15) is 10.7 Å². The zero-order chi connectivity index (χ0) is 25.9. The van der Waals surface area contributed by atoms with Crippen molar-refractivity contribution in [3.63, 3.8) is 0 Å². The Morgan fingerprint density at radius 2 is 1.83 bits per heavy atom. The first-order valence-corrected chi connectivity index (χ1v) is 12.3. The molecule has 0 radical (unpaired) electrons. The lowest BCUT2D eigenvalue weighted by molar-refractivity contribution is 0.256. The highest BCUT2D eigenvalue weighted by Gasteiger charge is 2.23. The van der Waals surface area contributed by atoms with Gasteiger partial charge in [-0.15, -0.1) is 0 Å². The van der Waals surface area contributed by atoms with E-state index < -0.39 is 21.9 Å². The monoisotopic (exact) mass is 502 g/mol. The molecule has 9 nitrogen and oxygen atoms in total. The molecule has 2 heterocycles. The molecule has 3 aromatic rings. The molecule has 0 bridgehead atoms. The lowest BCUT2D eigenvalue weighted by atomic mass is 9.94. The van der Waals surface area contributed by atoms with Crippen molar-refractivity contribution in [1.82, 2.24) is 14.3 Å². The highest BCUT2D eigenvalue weighted by atomic mass is 32.2. The number of methoxy groups -OCH3 is 1. The van der Waals surface area contributed by atoms with Gasteiger partial charge in [0.25, 0.3) is 15.6 Å². The van der Waals surface area contributed by atoms with Crippen LogP contribution in [0.15, 0.2) is 58.5 Å². The smallest absolute Gasteiger partial charge is 0.333 e. The van der Waals surface area contributed by atoms with E-state index in [0.717, 1.165) is 12.1 Å². The molecule has 186 valence electrons. The molecule has 1 aromatic carbocycles. The normalized spacial score (nSPS) is 11.5. The summed E-state index contributed by atoms with van der Waals surface area (Å²) in [6.07, 6.45) is 2.65. The fourth-order valence-electron chi connectivity index (χ4n) is 3.50. The van der Waals surface area contributed by atoms with Crippen LogP contribution in [0.25, 0.3) is 11.1 Å². The number of nitrogens with zero attached hydrogens (tertiary/aromatic N) is 2. The number of rotatable bonds is 7. The Hall–Kier alpha value is -3.73. The molecular weight excluding hydrogens is 475 g/mol. The van der Waals surface area contributed by atoms with Gasteiger partial charge in [0.2, 0.25) is 5.88 Å². The molecule has 2 aromatic heterocycles. The maximum atomic E-state index is 14.5. The van der Waals surface area contributed by atoms with E-state index in [2.05, 4.69) is 10.3 Å². The van der Waals surface area contributed by atoms with Crippen LogP contribution in [0.3, 0.4) is 0 Å². The van der Waals surface area contributed by atoms with Crippen LogP contribution >= 0.6 is 0 Å². The van der Waals surface area contributed by atoms with E-state index in [9.17, 15) is 22.4 Å². The Kier molecular flexibility index (Phi) is 7.59. The molecule has 0 aliphatic carbocycles. The average molecular weight is 503 g/mol. The van der Waals surface area contributed by atoms with Gasteiger partial charge < -0.3 is 14.6 Å². The quantitative estimate of drug-likeness (QED) is 0.498. The topological polar surface area (TPSA) is 119 Å². The van der Waals surface area contributed by atoms with Crippen LogP contribution in [0.2, 0.25) is 0 Å². The average Bonchev–Trinajstić information content (AvgIpc) is 2.79. The first-order chi connectivity index (χ1) is 16.4. The van der Waals surface area contributed by atoms with E-state index in [-0.39, 0.29) is 34.0 Å². The van der Waals surface area contributed by atoms with E-state index in [4.69, 9.17) is 4.74 Å². The second-order valence-electron chi connectivity index (χ2n) is 8.42. The fourth-order valence-corrected chi connectivity index (χ4v) is 4.42. The molecule has 0 spiro atoms. The minimum Gasteiger partial charge on any atom is -0.481 e. The summed E-state index contributed by atoms with van der Waals surface area (Å²) in [6.45, 7) is 7.10. The number of amides is 2. The third kappa shape index (κ3) is 5.86. The molecule has 3 rings (SSSR count). The highest BCUT2D eigenvalue weighted by Crippen LogP contribution is 2.36. The predicted octanol–water partition coefficient (Wildman–Crippen LogP) is 4.27. The number of benzene rings is 1. The van der Waals surface area contributed by atoms with Gasteiger partial charge >= 0.3 is 6.03 Å². The van der Waals surface area contributed by atoms with Crippen LogP contribution in [0.4, 0.5) is 14.9 Å². The van der Waals surface area contributed by atoms with Gasteiger partial charge in [-0.25, -0.2) is 27.3 Å². The maximum absolute atomic E-state index is 14.5. The van der Waals surface area contributed by atoms with Crippen molar-refractivity contribution in [3.8, 4) is 17.0 Å². The molecule has 0 atom stereocenters. The van der Waals surface area contributed by atoms with Gasteiger partial charge in [-0.3, -0.25) is 4.79 Å². The standard InChI is InChI=1S/C24H27FN4O5S/c1-14(2)19-11-17(25)12-20(16-8-9-26-21(10-16)34-5)23(19)27-24(31)28-35(32,33)18-6-7-22(30)29(13-18)15(3)4/h6-15H,1-5H3,(H2,27,28,31). The van der Waals surface area contributed by atoms with Gasteiger partial charge in [-0.1, -0.05) is 13.8 Å². The molecule has 0 saturated carbocycles. The third-order valence-corrected chi connectivity index (χ3v) is 6.57. The third-order valence-electron chi connectivity index (χ3n) is 5.25. The van der Waals surface area contributed by atoms with Gasteiger partial charge in [0.05, 0.1) is 12.8 Å². The number of carbonyl (C=O) groups is 1. The van der Waals surface area contributed by atoms with Crippen molar-refractivity contribution in [2.45, 2.75) is 44.6 Å². The van der Waals surface area contributed by atoms with Crippen molar-refractivity contribution in [3.05, 3.63) is 70.5 Å². The molecule has 0 fully saturated rings. The molecule has 2 N–H and O–H groups in total. The fraction of sp³-hybridized carbons (Fsp3) is 0.292. The molecule has 2 amide bonds. The van der Waals surface area contributed by atoms with Crippen LogP contribution in [0, 0.1) is 5.82 Å². The van der Waals surface area contributed by atoms with Crippen LogP contribution in [0.1, 0.15) is 45.2 Å². The molecular formula is C24H27FN4O5S. The Bertz CT molecular complexity index is 1420. The number of aromatic nitrogens is 2. The number of pyridine rings is 2. The van der Waals surface area contributed by atoms with E-state index >= 15 is 0 Å². The highest BCUT2D eigenvalue weighted by molar-refractivity contribution is 7.90. The van der Waals surface area contributed by atoms with Gasteiger partial charge in [0.15, 0.2) is 0 Å². The van der Waals surface area contributed by atoms with E-state index in [1.54, 1.807) is 26.0 Å². The van der Waals surface area contributed by atoms with E-state index in [0.29, 0.717) is 16.7 Å². The number of halogens is 1. The first kappa shape index (κ1) is 25.9. The van der Waals surface area contributed by atoms with Gasteiger partial charge in [-0.05, 0) is 55.2 Å². The summed E-state index contributed by atoms with van der Waals surface area (Å²) in [6, 6.07) is 6.66. The molecule has 0 unspecified atom stereocenters. The largest absolute Gasteiger partial charge is 0.481 e. The van der Waals surface area contributed by atoms with Gasteiger partial charge in [-0.2, -0.15) is 0 Å². The lowest BCUT2D eigenvalue weighted by Gasteiger charge is -2.19. The minimum absolute atomic E-state index is 0.199. The summed E-state index contributed by atoms with van der Waals surface area (Å²) in [5.74, 6) is -0.431. The lowest BCUT2D eigenvalue weighted by Crippen LogP contribution is -2.35. The van der Waals surface area contributed by atoms with Crippen LogP contribution in [0.5, 0.6) is 5.88 Å². The minimum atomic E-state index is -4.31. The number of carbonyl (C=O) groups excluding carboxylic acids is 1. The summed E-state index contributed by atoms with van der Waals surface area (Å²) < 4.78 is 48.6. The molecule has 35 heavy (non-hydrogen) atoms. The van der Waals surface area contributed by atoms with Crippen LogP contribution in [-0.4, -0.2) is 31.1 Å². The number of nitrogens with one attached hydrogen (secondary N) is 2.